The second kappa shape index (κ2) is 6.55. The lowest BCUT2D eigenvalue weighted by molar-refractivity contribution is -0.132. The van der Waals surface area contributed by atoms with Crippen LogP contribution in [0.15, 0.2) is 16.8 Å². The van der Waals surface area contributed by atoms with Crippen LogP contribution in [-0.4, -0.2) is 29.2 Å². The van der Waals surface area contributed by atoms with Crippen LogP contribution in [0.5, 0.6) is 0 Å². The van der Waals surface area contributed by atoms with Crippen molar-refractivity contribution in [3.8, 4) is 0 Å². The average Bonchev–Trinajstić information content (AvgIpc) is 2.83. The number of carbonyl (C=O) groups excluding carboxylic acids is 1. The molecule has 0 aromatic carbocycles. The van der Waals surface area contributed by atoms with E-state index in [-0.39, 0.29) is 0 Å². The first kappa shape index (κ1) is 13.1. The number of likely N-dealkylation sites (tertiary alicyclic amines) is 1. The van der Waals surface area contributed by atoms with Crippen LogP contribution >= 0.6 is 27.3 Å². The lowest BCUT2D eigenvalue weighted by atomic mass is 9.95. The minimum absolute atomic E-state index is 0.294. The van der Waals surface area contributed by atoms with Crippen molar-refractivity contribution < 1.29 is 4.79 Å². The van der Waals surface area contributed by atoms with Crippen molar-refractivity contribution in [2.75, 3.05) is 18.4 Å². The number of amides is 1. The molecule has 0 N–H and O–H groups in total. The fraction of sp³-hybridized carbons (Fsp3) is 0.615. The van der Waals surface area contributed by atoms with Crippen molar-refractivity contribution in [1.29, 1.82) is 0 Å². The second-order valence-corrected chi connectivity index (χ2v) is 6.21. The van der Waals surface area contributed by atoms with E-state index in [2.05, 4.69) is 26.2 Å². The molecule has 0 aliphatic carbocycles. The fourth-order valence-corrected chi connectivity index (χ4v) is 3.68. The molecule has 1 atom stereocenters. The largest absolute Gasteiger partial charge is 0.342 e. The molecule has 0 spiro atoms. The maximum atomic E-state index is 12.1. The normalized spacial score (nSPS) is 20.5. The summed E-state index contributed by atoms with van der Waals surface area (Å²) in [5, 5.41) is 5.15. The third kappa shape index (κ3) is 3.81. The molecule has 1 aliphatic rings. The number of nitrogens with zero attached hydrogens (tertiary/aromatic N) is 1. The molecule has 0 radical (unpaired) electrons. The van der Waals surface area contributed by atoms with E-state index < -0.39 is 0 Å². The third-order valence-corrected chi connectivity index (χ3v) is 4.51. The van der Waals surface area contributed by atoms with E-state index in [4.69, 9.17) is 0 Å². The number of thiophene rings is 1. The minimum Gasteiger partial charge on any atom is -0.342 e. The molecule has 2 rings (SSSR count). The molecule has 1 fully saturated rings. The zero-order valence-corrected chi connectivity index (χ0v) is 12.3. The highest BCUT2D eigenvalue weighted by Gasteiger charge is 2.23. The lowest BCUT2D eigenvalue weighted by Crippen LogP contribution is -2.40. The molecule has 4 heteroatoms. The highest BCUT2D eigenvalue weighted by atomic mass is 79.9. The van der Waals surface area contributed by atoms with Crippen molar-refractivity contribution in [3.63, 3.8) is 0 Å². The van der Waals surface area contributed by atoms with Crippen LogP contribution in [0.1, 0.15) is 24.8 Å². The summed E-state index contributed by atoms with van der Waals surface area (Å²) >= 11 is 5.15. The van der Waals surface area contributed by atoms with E-state index >= 15 is 0 Å². The molecule has 17 heavy (non-hydrogen) atoms. The minimum atomic E-state index is 0.294. The highest BCUT2D eigenvalue weighted by molar-refractivity contribution is 9.09. The summed E-state index contributed by atoms with van der Waals surface area (Å²) in [5.74, 6) is 0.984. The Morgan fingerprint density at radius 2 is 2.47 bits per heavy atom. The Hall–Kier alpha value is -0.350. The molecule has 1 aromatic heterocycles. The highest BCUT2D eigenvalue weighted by Crippen LogP contribution is 2.21. The Morgan fingerprint density at radius 3 is 3.18 bits per heavy atom. The number of halogens is 1. The number of rotatable bonds is 4. The monoisotopic (exact) mass is 315 g/mol. The van der Waals surface area contributed by atoms with Crippen LogP contribution < -0.4 is 0 Å². The van der Waals surface area contributed by atoms with Crippen LogP contribution in [0.4, 0.5) is 0 Å². The summed E-state index contributed by atoms with van der Waals surface area (Å²) in [6.07, 6.45) is 4.19. The van der Waals surface area contributed by atoms with Crippen molar-refractivity contribution in [2.45, 2.75) is 25.7 Å². The molecular formula is C13H18BrNOS. The maximum absolute atomic E-state index is 12.1. The maximum Gasteiger partial charge on any atom is 0.227 e. The molecular weight excluding hydrogens is 298 g/mol. The van der Waals surface area contributed by atoms with Gasteiger partial charge in [-0.3, -0.25) is 4.79 Å². The van der Waals surface area contributed by atoms with Gasteiger partial charge in [0, 0.05) is 18.4 Å². The standard InChI is InChI=1S/C13H18BrNOS/c14-5-3-11-2-1-6-15(9-11)13(16)8-12-4-7-17-10-12/h4,7,10-11H,1-3,5-6,8-9H2. The van der Waals surface area contributed by atoms with E-state index in [0.29, 0.717) is 18.2 Å². The van der Waals surface area contributed by atoms with Gasteiger partial charge >= 0.3 is 0 Å². The van der Waals surface area contributed by atoms with Gasteiger partial charge in [0.25, 0.3) is 0 Å². The van der Waals surface area contributed by atoms with Gasteiger partial charge < -0.3 is 4.90 Å². The van der Waals surface area contributed by atoms with Crippen molar-refractivity contribution in [1.82, 2.24) is 4.90 Å². The smallest absolute Gasteiger partial charge is 0.227 e. The number of alkyl halides is 1. The van der Waals surface area contributed by atoms with E-state index in [1.54, 1.807) is 11.3 Å². The molecule has 0 bridgehead atoms. The van der Waals surface area contributed by atoms with Gasteiger partial charge in [-0.2, -0.15) is 11.3 Å². The molecule has 2 nitrogen and oxygen atoms in total. The molecule has 1 saturated heterocycles. The molecule has 1 amide bonds. The summed E-state index contributed by atoms with van der Waals surface area (Å²) in [6, 6.07) is 2.04. The van der Waals surface area contributed by atoms with Crippen LogP contribution in [0.2, 0.25) is 0 Å². The predicted octanol–water partition coefficient (Wildman–Crippen LogP) is 3.31. The Morgan fingerprint density at radius 1 is 1.59 bits per heavy atom. The molecule has 1 aliphatic heterocycles. The summed E-state index contributed by atoms with van der Waals surface area (Å²) in [7, 11) is 0. The molecule has 94 valence electrons. The van der Waals surface area contributed by atoms with Gasteiger partial charge in [0.2, 0.25) is 5.91 Å². The number of piperidine rings is 1. The zero-order chi connectivity index (χ0) is 12.1. The van der Waals surface area contributed by atoms with Gasteiger partial charge in [-0.15, -0.1) is 0 Å². The van der Waals surface area contributed by atoms with Crippen molar-refractivity contribution in [3.05, 3.63) is 22.4 Å². The Kier molecular flexibility index (Phi) is 5.04. The van der Waals surface area contributed by atoms with E-state index in [0.717, 1.165) is 30.4 Å². The Bertz CT molecular complexity index is 350. The van der Waals surface area contributed by atoms with Gasteiger partial charge in [0.15, 0.2) is 0 Å². The molecule has 1 unspecified atom stereocenters. The van der Waals surface area contributed by atoms with Gasteiger partial charge in [-0.05, 0) is 47.6 Å². The van der Waals surface area contributed by atoms with Crippen LogP contribution in [-0.2, 0) is 11.2 Å². The molecule has 0 saturated carbocycles. The lowest BCUT2D eigenvalue weighted by Gasteiger charge is -2.32. The summed E-state index contributed by atoms with van der Waals surface area (Å²) < 4.78 is 0. The van der Waals surface area contributed by atoms with Crippen LogP contribution in [0.3, 0.4) is 0 Å². The van der Waals surface area contributed by atoms with Gasteiger partial charge in [0.05, 0.1) is 6.42 Å². The van der Waals surface area contributed by atoms with Gasteiger partial charge in [-0.25, -0.2) is 0 Å². The quantitative estimate of drug-likeness (QED) is 0.781. The fourth-order valence-electron chi connectivity index (χ4n) is 2.36. The van der Waals surface area contributed by atoms with Crippen LogP contribution in [0.25, 0.3) is 0 Å². The van der Waals surface area contributed by atoms with Crippen molar-refractivity contribution in [2.24, 2.45) is 5.92 Å². The second-order valence-electron chi connectivity index (χ2n) is 4.63. The van der Waals surface area contributed by atoms with Crippen molar-refractivity contribution >= 4 is 33.2 Å². The molecule has 1 aromatic rings. The van der Waals surface area contributed by atoms with Gasteiger partial charge in [0.1, 0.15) is 0 Å². The Labute approximate surface area is 115 Å². The summed E-state index contributed by atoms with van der Waals surface area (Å²) in [5.41, 5.74) is 1.16. The summed E-state index contributed by atoms with van der Waals surface area (Å²) in [6.45, 7) is 1.90. The topological polar surface area (TPSA) is 20.3 Å². The summed E-state index contributed by atoms with van der Waals surface area (Å²) in [4.78, 5) is 14.2. The number of hydrogen-bond acceptors (Lipinski definition) is 2. The SMILES string of the molecule is O=C(Cc1ccsc1)N1CCCC(CCBr)C1. The zero-order valence-electron chi connectivity index (χ0n) is 9.90. The number of carbonyl (C=O) groups is 1. The van der Waals surface area contributed by atoms with E-state index in [9.17, 15) is 4.79 Å². The average molecular weight is 316 g/mol. The predicted molar refractivity (Wildman–Crippen MR) is 75.7 cm³/mol. The first-order valence-corrected chi connectivity index (χ1v) is 8.21. The van der Waals surface area contributed by atoms with E-state index in [1.165, 1.54) is 12.8 Å². The number of hydrogen-bond donors (Lipinski definition) is 0. The van der Waals surface area contributed by atoms with E-state index in [1.807, 2.05) is 11.4 Å². The third-order valence-electron chi connectivity index (χ3n) is 3.32. The Balaban J connectivity index is 1.86. The molecule has 2 heterocycles. The van der Waals surface area contributed by atoms with Crippen LogP contribution in [0, 0.1) is 5.92 Å². The van der Waals surface area contributed by atoms with Gasteiger partial charge in [-0.1, -0.05) is 15.9 Å². The first-order valence-electron chi connectivity index (χ1n) is 6.14. The first-order chi connectivity index (χ1) is 8.29.